The lowest BCUT2D eigenvalue weighted by atomic mass is 9.91. The number of likely N-dealkylation sites (tertiary alicyclic amines) is 1. The largest absolute Gasteiger partial charge is 0.390 e. The van der Waals surface area contributed by atoms with Gasteiger partial charge in [0.25, 0.3) is 5.91 Å². The maximum atomic E-state index is 12.7. The summed E-state index contributed by atoms with van der Waals surface area (Å²) in [7, 11) is 0. The third-order valence-corrected chi connectivity index (χ3v) is 6.79. The molecule has 182 valence electrons. The van der Waals surface area contributed by atoms with Crippen molar-refractivity contribution in [2.24, 2.45) is 0 Å². The van der Waals surface area contributed by atoms with Crippen LogP contribution in [0.1, 0.15) is 54.1 Å². The van der Waals surface area contributed by atoms with Crippen molar-refractivity contribution in [2.75, 3.05) is 38.0 Å². The van der Waals surface area contributed by atoms with Crippen LogP contribution in [0.5, 0.6) is 0 Å². The molecule has 0 aliphatic carbocycles. The second-order valence-electron chi connectivity index (χ2n) is 9.51. The van der Waals surface area contributed by atoms with Gasteiger partial charge in [0.15, 0.2) is 0 Å². The summed E-state index contributed by atoms with van der Waals surface area (Å²) in [6.45, 7) is 7.68. The Labute approximate surface area is 201 Å². The number of nitrogens with zero attached hydrogens (tertiary/aromatic N) is 3. The molecule has 3 N–H and O–H groups in total. The molecule has 8 nitrogen and oxygen atoms in total. The van der Waals surface area contributed by atoms with E-state index in [0.717, 1.165) is 39.0 Å². The van der Waals surface area contributed by atoms with Crippen LogP contribution in [0.3, 0.4) is 0 Å². The molecule has 4 rings (SSSR count). The van der Waals surface area contributed by atoms with E-state index in [9.17, 15) is 14.7 Å². The number of fused-ring (bicyclic) bond motifs is 1. The fraction of sp³-hybridized carbons (Fsp3) is 0.500. The van der Waals surface area contributed by atoms with Gasteiger partial charge in [0.1, 0.15) is 5.82 Å². The summed E-state index contributed by atoms with van der Waals surface area (Å²) < 4.78 is 0. The number of nitrogens with one attached hydrogen (secondary N) is 2. The minimum absolute atomic E-state index is 0.108. The fourth-order valence-electron chi connectivity index (χ4n) is 4.96. The third kappa shape index (κ3) is 6.12. The van der Waals surface area contributed by atoms with E-state index in [1.54, 1.807) is 25.3 Å². The molecule has 3 heterocycles. The predicted octanol–water partition coefficient (Wildman–Crippen LogP) is 2.21. The lowest BCUT2D eigenvalue weighted by Crippen LogP contribution is -2.42. The monoisotopic (exact) mass is 465 g/mol. The van der Waals surface area contributed by atoms with E-state index in [1.807, 2.05) is 4.90 Å². The van der Waals surface area contributed by atoms with Gasteiger partial charge in [-0.2, -0.15) is 0 Å². The summed E-state index contributed by atoms with van der Waals surface area (Å²) >= 11 is 0. The van der Waals surface area contributed by atoms with E-state index in [2.05, 4.69) is 51.7 Å². The molecule has 8 heteroatoms. The number of aliphatic hydroxyl groups excluding tert-OH is 1. The van der Waals surface area contributed by atoms with Crippen molar-refractivity contribution >= 4 is 17.6 Å². The molecule has 1 fully saturated rings. The summed E-state index contributed by atoms with van der Waals surface area (Å²) in [6.07, 6.45) is 2.67. The third-order valence-electron chi connectivity index (χ3n) is 6.79. The van der Waals surface area contributed by atoms with Gasteiger partial charge in [-0.1, -0.05) is 31.2 Å². The molecule has 1 unspecified atom stereocenters. The number of hydrogen-bond acceptors (Lipinski definition) is 6. The van der Waals surface area contributed by atoms with Crippen LogP contribution in [0.25, 0.3) is 0 Å². The second-order valence-corrected chi connectivity index (χ2v) is 9.51. The van der Waals surface area contributed by atoms with Gasteiger partial charge in [-0.05, 0) is 42.0 Å². The first kappa shape index (κ1) is 24.2. The van der Waals surface area contributed by atoms with Crippen LogP contribution in [0.4, 0.5) is 5.82 Å². The number of aliphatic hydroxyl groups is 1. The number of piperidine rings is 1. The molecule has 2 aromatic rings. The summed E-state index contributed by atoms with van der Waals surface area (Å²) in [5, 5.41) is 16.8. The molecule has 2 aliphatic rings. The molecular formula is C26H35N5O3. The number of carbonyl (C=O) groups is 2. The average Bonchev–Trinajstić information content (AvgIpc) is 2.83. The Morgan fingerprint density at radius 2 is 1.97 bits per heavy atom. The maximum absolute atomic E-state index is 12.7. The lowest BCUT2D eigenvalue weighted by molar-refractivity contribution is -0.129. The minimum atomic E-state index is -0.646. The van der Waals surface area contributed by atoms with Gasteiger partial charge in [-0.15, -0.1) is 0 Å². The Morgan fingerprint density at radius 1 is 1.21 bits per heavy atom. The van der Waals surface area contributed by atoms with Gasteiger partial charge in [-0.3, -0.25) is 14.5 Å². The van der Waals surface area contributed by atoms with E-state index in [1.165, 1.54) is 11.1 Å². The molecular weight excluding hydrogens is 430 g/mol. The Morgan fingerprint density at radius 3 is 2.74 bits per heavy atom. The van der Waals surface area contributed by atoms with Crippen LogP contribution in [-0.4, -0.2) is 76.6 Å². The van der Waals surface area contributed by atoms with Gasteiger partial charge in [0.05, 0.1) is 6.10 Å². The van der Waals surface area contributed by atoms with Crippen molar-refractivity contribution < 1.29 is 14.7 Å². The number of anilines is 1. The minimum Gasteiger partial charge on any atom is -0.390 e. The molecule has 34 heavy (non-hydrogen) atoms. The standard InChI is InChI=1S/C26H35N5O3/c1-18-15-30(16-21-5-3-4-6-24(18)21)17-23(33)14-28-26(34)20-7-10-27-25(13-20)29-22-8-11-31(12-9-22)19(2)32/h3-7,10,13,18,22-23,33H,8-9,11-12,14-17H2,1-2H3,(H,27,29)(H,28,34)/t18?,23-/m0/s1. The van der Waals surface area contributed by atoms with Crippen molar-refractivity contribution in [2.45, 2.75) is 51.3 Å². The van der Waals surface area contributed by atoms with Crippen molar-refractivity contribution in [3.63, 3.8) is 0 Å². The Bertz CT molecular complexity index is 1010. The number of β-amino-alcohol motifs (C(OH)–C–C–N with tert-alkyl or cyclic N) is 1. The highest BCUT2D eigenvalue weighted by Gasteiger charge is 2.24. The first-order valence-electron chi connectivity index (χ1n) is 12.1. The van der Waals surface area contributed by atoms with Crippen LogP contribution in [-0.2, 0) is 11.3 Å². The Hall–Kier alpha value is -2.97. The molecule has 2 amide bonds. The maximum Gasteiger partial charge on any atom is 0.251 e. The molecule has 1 aromatic heterocycles. The first-order valence-corrected chi connectivity index (χ1v) is 12.1. The molecule has 2 aliphatic heterocycles. The zero-order chi connectivity index (χ0) is 24.1. The molecule has 0 radical (unpaired) electrons. The van der Waals surface area contributed by atoms with Gasteiger partial charge in [-0.25, -0.2) is 4.98 Å². The number of carbonyl (C=O) groups excluding carboxylic acids is 2. The second kappa shape index (κ2) is 11.0. The van der Waals surface area contributed by atoms with Crippen molar-refractivity contribution in [1.29, 1.82) is 0 Å². The van der Waals surface area contributed by atoms with E-state index >= 15 is 0 Å². The zero-order valence-corrected chi connectivity index (χ0v) is 20.0. The summed E-state index contributed by atoms with van der Waals surface area (Å²) in [5.41, 5.74) is 3.20. The number of hydrogen-bond donors (Lipinski definition) is 3. The lowest BCUT2D eigenvalue weighted by Gasteiger charge is -2.34. The number of rotatable bonds is 7. The predicted molar refractivity (Wildman–Crippen MR) is 132 cm³/mol. The van der Waals surface area contributed by atoms with Crippen LogP contribution >= 0.6 is 0 Å². The summed E-state index contributed by atoms with van der Waals surface area (Å²) in [5.74, 6) is 0.949. The molecule has 1 aromatic carbocycles. The van der Waals surface area contributed by atoms with Gasteiger partial charge >= 0.3 is 0 Å². The van der Waals surface area contributed by atoms with Gasteiger partial charge < -0.3 is 20.6 Å². The molecule has 0 bridgehead atoms. The molecule has 1 saturated heterocycles. The van der Waals surface area contributed by atoms with Crippen LogP contribution < -0.4 is 10.6 Å². The van der Waals surface area contributed by atoms with E-state index < -0.39 is 6.10 Å². The summed E-state index contributed by atoms with van der Waals surface area (Å²) in [4.78, 5) is 32.6. The first-order chi connectivity index (χ1) is 16.4. The van der Waals surface area contributed by atoms with Crippen LogP contribution in [0.2, 0.25) is 0 Å². The average molecular weight is 466 g/mol. The topological polar surface area (TPSA) is 97.8 Å². The molecule has 0 saturated carbocycles. The Kier molecular flexibility index (Phi) is 7.80. The summed E-state index contributed by atoms with van der Waals surface area (Å²) in [6, 6.07) is 12.1. The quantitative estimate of drug-likeness (QED) is 0.580. The smallest absolute Gasteiger partial charge is 0.251 e. The van der Waals surface area contributed by atoms with E-state index in [4.69, 9.17) is 0 Å². The van der Waals surface area contributed by atoms with Crippen molar-refractivity contribution in [1.82, 2.24) is 20.1 Å². The highest BCUT2D eigenvalue weighted by atomic mass is 16.3. The highest BCUT2D eigenvalue weighted by Crippen LogP contribution is 2.27. The number of aromatic nitrogens is 1. The van der Waals surface area contributed by atoms with Crippen LogP contribution in [0, 0.1) is 0 Å². The number of benzene rings is 1. The zero-order valence-electron chi connectivity index (χ0n) is 20.0. The SMILES string of the molecule is CC(=O)N1CCC(Nc2cc(C(=O)NC[C@H](O)CN3Cc4ccccc4C(C)C3)ccn2)CC1. The normalized spacial score (nSPS) is 19.9. The van der Waals surface area contributed by atoms with Gasteiger partial charge in [0.2, 0.25) is 5.91 Å². The fourth-order valence-corrected chi connectivity index (χ4v) is 4.96. The molecule has 0 spiro atoms. The number of amides is 2. The van der Waals surface area contributed by atoms with Crippen molar-refractivity contribution in [3.05, 3.63) is 59.3 Å². The van der Waals surface area contributed by atoms with Gasteiger partial charge in [0, 0.05) is 64.0 Å². The van der Waals surface area contributed by atoms with E-state index in [-0.39, 0.29) is 24.4 Å². The Balaban J connectivity index is 1.24. The highest BCUT2D eigenvalue weighted by molar-refractivity contribution is 5.94. The van der Waals surface area contributed by atoms with Crippen molar-refractivity contribution in [3.8, 4) is 0 Å². The molecule has 2 atom stereocenters. The van der Waals surface area contributed by atoms with Crippen LogP contribution in [0.15, 0.2) is 42.6 Å². The number of pyridine rings is 1. The van der Waals surface area contributed by atoms with E-state index in [0.29, 0.717) is 23.8 Å².